The molecule has 3 N–H and O–H groups in total. The van der Waals surface area contributed by atoms with E-state index in [1.807, 2.05) is 51.0 Å². The van der Waals surface area contributed by atoms with E-state index in [0.29, 0.717) is 6.42 Å². The Labute approximate surface area is 116 Å². The largest absolute Gasteiger partial charge is 0.377 e. The van der Waals surface area contributed by atoms with Gasteiger partial charge in [0.1, 0.15) is 0 Å². The number of benzene rings is 1. The lowest BCUT2D eigenvalue weighted by molar-refractivity contribution is -0.120. The van der Waals surface area contributed by atoms with Crippen molar-refractivity contribution in [3.63, 3.8) is 0 Å². The van der Waals surface area contributed by atoms with Crippen LogP contribution >= 0.6 is 0 Å². The molecule has 1 amide bonds. The highest BCUT2D eigenvalue weighted by atomic mass is 16.2. The molecule has 4 nitrogen and oxygen atoms in total. The summed E-state index contributed by atoms with van der Waals surface area (Å²) >= 11 is 0. The van der Waals surface area contributed by atoms with Gasteiger partial charge in [0.05, 0.1) is 5.54 Å². The maximum Gasteiger partial charge on any atom is 0.244 e. The van der Waals surface area contributed by atoms with Crippen molar-refractivity contribution >= 4 is 17.3 Å². The summed E-state index contributed by atoms with van der Waals surface area (Å²) in [5.74, 6) is -0.131. The number of hydrogen-bond acceptors (Lipinski definition) is 3. The van der Waals surface area contributed by atoms with Crippen molar-refractivity contribution in [1.29, 1.82) is 0 Å². The van der Waals surface area contributed by atoms with E-state index < -0.39 is 5.54 Å². The van der Waals surface area contributed by atoms with E-state index in [1.165, 1.54) is 0 Å². The summed E-state index contributed by atoms with van der Waals surface area (Å²) in [5, 5.41) is 2.94. The molecule has 0 aliphatic heterocycles. The van der Waals surface area contributed by atoms with Gasteiger partial charge in [-0.1, -0.05) is 19.4 Å². The first kappa shape index (κ1) is 15.5. The van der Waals surface area contributed by atoms with Crippen LogP contribution in [0.1, 0.15) is 32.3 Å². The number of hydrogen-bond donors (Lipinski definition) is 2. The Balaban J connectivity index is 2.95. The number of nitrogens with one attached hydrogen (secondary N) is 1. The summed E-state index contributed by atoms with van der Waals surface area (Å²) in [6.45, 7) is 5.80. The quantitative estimate of drug-likeness (QED) is 0.858. The number of nitrogens with zero attached hydrogens (tertiary/aromatic N) is 1. The Hall–Kier alpha value is -1.55. The van der Waals surface area contributed by atoms with E-state index in [-0.39, 0.29) is 5.91 Å². The molecule has 4 heteroatoms. The molecule has 0 radical (unpaired) electrons. The minimum absolute atomic E-state index is 0.131. The lowest BCUT2D eigenvalue weighted by Crippen LogP contribution is -2.48. The van der Waals surface area contributed by atoms with Gasteiger partial charge in [-0.2, -0.15) is 0 Å². The average Bonchev–Trinajstić information content (AvgIpc) is 2.31. The number of carbonyl (C=O) groups excluding carboxylic acids is 1. The zero-order chi connectivity index (χ0) is 14.6. The number of rotatable bonds is 5. The third-order valence-corrected chi connectivity index (χ3v) is 3.32. The Kier molecular flexibility index (Phi) is 4.95. The van der Waals surface area contributed by atoms with Crippen LogP contribution in [0.4, 0.5) is 11.4 Å². The molecule has 0 heterocycles. The normalized spacial score (nSPS) is 13.8. The van der Waals surface area contributed by atoms with E-state index in [2.05, 4.69) is 5.32 Å². The van der Waals surface area contributed by atoms with Crippen LogP contribution in [-0.4, -0.2) is 25.5 Å². The molecular formula is C15H25N3O. The molecule has 0 aliphatic rings. The first-order valence-electron chi connectivity index (χ1n) is 6.67. The van der Waals surface area contributed by atoms with Crippen LogP contribution in [0.15, 0.2) is 18.2 Å². The zero-order valence-corrected chi connectivity index (χ0v) is 12.6. The third-order valence-electron chi connectivity index (χ3n) is 3.32. The molecule has 19 heavy (non-hydrogen) atoms. The van der Waals surface area contributed by atoms with Crippen molar-refractivity contribution < 1.29 is 4.79 Å². The Morgan fingerprint density at radius 2 is 2.05 bits per heavy atom. The highest BCUT2D eigenvalue weighted by Gasteiger charge is 2.27. The maximum absolute atomic E-state index is 12.2. The molecule has 1 unspecified atom stereocenters. The summed E-state index contributed by atoms with van der Waals surface area (Å²) in [4.78, 5) is 14.2. The Bertz CT molecular complexity index is 453. The average molecular weight is 263 g/mol. The van der Waals surface area contributed by atoms with Crippen molar-refractivity contribution in [1.82, 2.24) is 0 Å². The Morgan fingerprint density at radius 1 is 1.42 bits per heavy atom. The fourth-order valence-electron chi connectivity index (χ4n) is 2.14. The standard InChI is InChI=1S/C15H25N3O/c1-6-10-15(3,16)14(19)17-12-8-7-9-13(11(12)2)18(4)5/h7-9H,6,10,16H2,1-5H3,(H,17,19). The minimum atomic E-state index is -0.824. The third kappa shape index (κ3) is 3.70. The second kappa shape index (κ2) is 6.06. The summed E-state index contributed by atoms with van der Waals surface area (Å²) in [7, 11) is 3.97. The summed E-state index contributed by atoms with van der Waals surface area (Å²) in [6.07, 6.45) is 1.56. The predicted octanol–water partition coefficient (Wildman–Crippen LogP) is 2.52. The number of carbonyl (C=O) groups is 1. The van der Waals surface area contributed by atoms with Gasteiger partial charge in [-0.3, -0.25) is 4.79 Å². The van der Waals surface area contributed by atoms with Crippen LogP contribution in [0.3, 0.4) is 0 Å². The van der Waals surface area contributed by atoms with E-state index in [9.17, 15) is 4.79 Å². The smallest absolute Gasteiger partial charge is 0.244 e. The number of anilines is 2. The first-order chi connectivity index (χ1) is 8.79. The van der Waals surface area contributed by atoms with Crippen LogP contribution in [-0.2, 0) is 4.79 Å². The van der Waals surface area contributed by atoms with E-state index >= 15 is 0 Å². The molecule has 1 atom stereocenters. The van der Waals surface area contributed by atoms with Gasteiger partial charge < -0.3 is 16.0 Å². The van der Waals surface area contributed by atoms with Crippen LogP contribution in [0.2, 0.25) is 0 Å². The van der Waals surface area contributed by atoms with Crippen molar-refractivity contribution in [2.45, 2.75) is 39.2 Å². The fraction of sp³-hybridized carbons (Fsp3) is 0.533. The molecule has 0 bridgehead atoms. The molecule has 1 rings (SSSR count). The highest BCUT2D eigenvalue weighted by molar-refractivity contribution is 5.98. The van der Waals surface area contributed by atoms with E-state index in [4.69, 9.17) is 5.73 Å². The molecule has 0 aromatic heterocycles. The lowest BCUT2D eigenvalue weighted by Gasteiger charge is -2.24. The molecule has 106 valence electrons. The number of amides is 1. The molecule has 1 aromatic carbocycles. The van der Waals surface area contributed by atoms with Crippen molar-refractivity contribution in [3.05, 3.63) is 23.8 Å². The van der Waals surface area contributed by atoms with Gasteiger partial charge in [-0.25, -0.2) is 0 Å². The second-order valence-electron chi connectivity index (χ2n) is 5.47. The van der Waals surface area contributed by atoms with Crippen LogP contribution in [0, 0.1) is 6.92 Å². The van der Waals surface area contributed by atoms with Gasteiger partial charge in [-0.05, 0) is 38.0 Å². The molecule has 0 fully saturated rings. The van der Waals surface area contributed by atoms with Gasteiger partial charge in [-0.15, -0.1) is 0 Å². The maximum atomic E-state index is 12.2. The van der Waals surface area contributed by atoms with Crippen molar-refractivity contribution in [2.75, 3.05) is 24.3 Å². The van der Waals surface area contributed by atoms with E-state index in [0.717, 1.165) is 23.4 Å². The summed E-state index contributed by atoms with van der Waals surface area (Å²) in [5.41, 5.74) is 8.18. The lowest BCUT2D eigenvalue weighted by atomic mass is 9.96. The van der Waals surface area contributed by atoms with Gasteiger partial charge in [0.25, 0.3) is 0 Å². The molecule has 1 aromatic rings. The Morgan fingerprint density at radius 3 is 2.58 bits per heavy atom. The molecule has 0 saturated carbocycles. The molecule has 0 aliphatic carbocycles. The molecule has 0 spiro atoms. The fourth-order valence-corrected chi connectivity index (χ4v) is 2.14. The topological polar surface area (TPSA) is 58.4 Å². The second-order valence-corrected chi connectivity index (χ2v) is 5.47. The van der Waals surface area contributed by atoms with Crippen LogP contribution < -0.4 is 16.0 Å². The zero-order valence-electron chi connectivity index (χ0n) is 12.6. The highest BCUT2D eigenvalue weighted by Crippen LogP contribution is 2.26. The summed E-state index contributed by atoms with van der Waals surface area (Å²) in [6, 6.07) is 5.87. The van der Waals surface area contributed by atoms with Crippen molar-refractivity contribution in [3.8, 4) is 0 Å². The van der Waals surface area contributed by atoms with Gasteiger partial charge in [0, 0.05) is 25.5 Å². The van der Waals surface area contributed by atoms with Gasteiger partial charge >= 0.3 is 0 Å². The summed E-state index contributed by atoms with van der Waals surface area (Å²) < 4.78 is 0. The van der Waals surface area contributed by atoms with Gasteiger partial charge in [0.2, 0.25) is 5.91 Å². The first-order valence-corrected chi connectivity index (χ1v) is 6.67. The molecular weight excluding hydrogens is 238 g/mol. The van der Waals surface area contributed by atoms with Crippen LogP contribution in [0.5, 0.6) is 0 Å². The molecule has 0 saturated heterocycles. The number of nitrogens with two attached hydrogens (primary N) is 1. The van der Waals surface area contributed by atoms with E-state index in [1.54, 1.807) is 6.92 Å². The van der Waals surface area contributed by atoms with Crippen LogP contribution in [0.25, 0.3) is 0 Å². The van der Waals surface area contributed by atoms with Crippen molar-refractivity contribution in [2.24, 2.45) is 5.73 Å². The minimum Gasteiger partial charge on any atom is -0.377 e. The SMILES string of the molecule is CCCC(C)(N)C(=O)Nc1cccc(N(C)C)c1C. The predicted molar refractivity (Wildman–Crippen MR) is 81.6 cm³/mol. The monoisotopic (exact) mass is 263 g/mol. The van der Waals surface area contributed by atoms with Gasteiger partial charge in [0.15, 0.2) is 0 Å².